The van der Waals surface area contributed by atoms with Crippen molar-refractivity contribution in [3.63, 3.8) is 0 Å². The van der Waals surface area contributed by atoms with Crippen LogP contribution in [0, 0.1) is 7.14 Å². The molecule has 4 nitrogen and oxygen atoms in total. The van der Waals surface area contributed by atoms with Crippen molar-refractivity contribution in [2.24, 2.45) is 0 Å². The average Bonchev–Trinajstić information content (AvgIpc) is 2.86. The van der Waals surface area contributed by atoms with Crippen molar-refractivity contribution in [2.75, 3.05) is 26.2 Å². The highest BCUT2D eigenvalue weighted by atomic mass is 127. The predicted octanol–water partition coefficient (Wildman–Crippen LogP) is 3.88. The van der Waals surface area contributed by atoms with Crippen LogP contribution in [-0.2, 0) is 0 Å². The Hall–Kier alpha value is -1.16. The second-order valence-corrected chi connectivity index (χ2v) is 8.45. The van der Waals surface area contributed by atoms with Crippen LogP contribution in [0.5, 0.6) is 0 Å². The van der Waals surface area contributed by atoms with Gasteiger partial charge in [0.15, 0.2) is 0 Å². The molecule has 1 fully saturated rings. The van der Waals surface area contributed by atoms with Gasteiger partial charge >= 0.3 is 0 Å². The zero-order valence-corrected chi connectivity index (χ0v) is 17.9. The molecule has 0 saturated carbocycles. The van der Waals surface area contributed by atoms with Crippen LogP contribution >= 0.6 is 45.2 Å². The second-order valence-electron chi connectivity index (χ2n) is 5.96. The Morgan fingerprint density at radius 2 is 1.16 bits per heavy atom. The number of nitrogens with zero attached hydrogens (tertiary/aromatic N) is 2. The molecule has 1 aliphatic rings. The van der Waals surface area contributed by atoms with Crippen molar-refractivity contribution in [3.05, 3.63) is 66.8 Å². The standard InChI is InChI=1S/C19H18I2N2O2/c20-16-6-1-4-14(12-16)18(24)22-8-3-9-23(11-10-22)19(25)15-5-2-7-17(21)13-15/h1-2,4-7,12-13H,3,8-11H2. The van der Waals surface area contributed by atoms with E-state index in [-0.39, 0.29) is 11.8 Å². The van der Waals surface area contributed by atoms with Crippen LogP contribution in [0.1, 0.15) is 27.1 Å². The molecule has 2 aromatic carbocycles. The summed E-state index contributed by atoms with van der Waals surface area (Å²) in [5.41, 5.74) is 1.42. The SMILES string of the molecule is O=C(c1cccc(I)c1)N1CCCN(C(=O)c2cccc(I)c2)CC1. The van der Waals surface area contributed by atoms with Crippen LogP contribution in [0.2, 0.25) is 0 Å². The van der Waals surface area contributed by atoms with E-state index in [1.807, 2.05) is 58.3 Å². The van der Waals surface area contributed by atoms with Gasteiger partial charge in [-0.15, -0.1) is 0 Å². The molecule has 6 heteroatoms. The van der Waals surface area contributed by atoms with Crippen LogP contribution in [-0.4, -0.2) is 47.8 Å². The highest BCUT2D eigenvalue weighted by Crippen LogP contribution is 2.15. The molecule has 2 amide bonds. The zero-order chi connectivity index (χ0) is 17.8. The van der Waals surface area contributed by atoms with E-state index < -0.39 is 0 Å². The lowest BCUT2D eigenvalue weighted by Gasteiger charge is -2.22. The van der Waals surface area contributed by atoms with E-state index in [1.165, 1.54) is 0 Å². The first-order chi connectivity index (χ1) is 12.0. The summed E-state index contributed by atoms with van der Waals surface area (Å²) in [6.45, 7) is 2.50. The Balaban J connectivity index is 1.68. The summed E-state index contributed by atoms with van der Waals surface area (Å²) >= 11 is 4.43. The molecule has 0 unspecified atom stereocenters. The molecule has 0 radical (unpaired) electrons. The maximum Gasteiger partial charge on any atom is 0.253 e. The van der Waals surface area contributed by atoms with Gasteiger partial charge in [-0.05, 0) is 88.0 Å². The molecular weight excluding hydrogens is 542 g/mol. The fourth-order valence-corrected chi connectivity index (χ4v) is 4.02. The van der Waals surface area contributed by atoms with E-state index >= 15 is 0 Å². The first kappa shape index (κ1) is 18.6. The van der Waals surface area contributed by atoms with Crippen molar-refractivity contribution in [1.29, 1.82) is 0 Å². The van der Waals surface area contributed by atoms with Gasteiger partial charge in [0.1, 0.15) is 0 Å². The highest BCUT2D eigenvalue weighted by molar-refractivity contribution is 14.1. The smallest absolute Gasteiger partial charge is 0.253 e. The molecule has 1 saturated heterocycles. The number of amides is 2. The monoisotopic (exact) mass is 560 g/mol. The van der Waals surface area contributed by atoms with Gasteiger partial charge in [-0.1, -0.05) is 12.1 Å². The van der Waals surface area contributed by atoms with Crippen LogP contribution in [0.25, 0.3) is 0 Å². The summed E-state index contributed by atoms with van der Waals surface area (Å²) in [7, 11) is 0. The van der Waals surface area contributed by atoms with E-state index in [0.29, 0.717) is 37.3 Å². The maximum absolute atomic E-state index is 12.7. The minimum Gasteiger partial charge on any atom is -0.337 e. The molecule has 0 spiro atoms. The van der Waals surface area contributed by atoms with Gasteiger partial charge in [0.05, 0.1) is 0 Å². The number of halogens is 2. The van der Waals surface area contributed by atoms with Gasteiger partial charge in [0.2, 0.25) is 0 Å². The Kier molecular flexibility index (Phi) is 6.32. The molecule has 0 atom stereocenters. The van der Waals surface area contributed by atoms with Crippen LogP contribution in [0.4, 0.5) is 0 Å². The molecule has 25 heavy (non-hydrogen) atoms. The summed E-state index contributed by atoms with van der Waals surface area (Å²) in [4.78, 5) is 29.1. The zero-order valence-electron chi connectivity index (χ0n) is 13.6. The fraction of sp³-hybridized carbons (Fsp3) is 0.263. The highest BCUT2D eigenvalue weighted by Gasteiger charge is 2.23. The van der Waals surface area contributed by atoms with Gasteiger partial charge < -0.3 is 9.80 Å². The van der Waals surface area contributed by atoms with E-state index in [4.69, 9.17) is 0 Å². The summed E-state index contributed by atoms with van der Waals surface area (Å²) < 4.78 is 2.10. The number of carbonyl (C=O) groups is 2. The Morgan fingerprint density at radius 3 is 1.56 bits per heavy atom. The van der Waals surface area contributed by atoms with E-state index in [9.17, 15) is 9.59 Å². The van der Waals surface area contributed by atoms with Gasteiger partial charge in [-0.3, -0.25) is 9.59 Å². The van der Waals surface area contributed by atoms with E-state index in [0.717, 1.165) is 13.6 Å². The Labute approximate surface area is 174 Å². The second kappa shape index (κ2) is 8.48. The van der Waals surface area contributed by atoms with E-state index in [2.05, 4.69) is 45.2 Å². The molecule has 1 aliphatic heterocycles. The number of benzene rings is 2. The number of carbonyl (C=O) groups excluding carboxylic acids is 2. The molecule has 2 aromatic rings. The predicted molar refractivity (Wildman–Crippen MR) is 115 cm³/mol. The van der Waals surface area contributed by atoms with Crippen molar-refractivity contribution < 1.29 is 9.59 Å². The van der Waals surface area contributed by atoms with Crippen LogP contribution in [0.3, 0.4) is 0 Å². The van der Waals surface area contributed by atoms with E-state index in [1.54, 1.807) is 0 Å². The normalized spacial score (nSPS) is 15.0. The van der Waals surface area contributed by atoms with Gasteiger partial charge in [0, 0.05) is 44.4 Å². The minimum absolute atomic E-state index is 0.0436. The van der Waals surface area contributed by atoms with Crippen molar-refractivity contribution in [1.82, 2.24) is 9.80 Å². The molecule has 3 rings (SSSR count). The Morgan fingerprint density at radius 1 is 0.720 bits per heavy atom. The summed E-state index contributed by atoms with van der Waals surface area (Å²) in [5.74, 6) is 0.0872. The van der Waals surface area contributed by atoms with Gasteiger partial charge in [-0.25, -0.2) is 0 Å². The average molecular weight is 560 g/mol. The first-order valence-electron chi connectivity index (χ1n) is 8.14. The lowest BCUT2D eigenvalue weighted by Crippen LogP contribution is -2.37. The number of hydrogen-bond donors (Lipinski definition) is 0. The lowest BCUT2D eigenvalue weighted by atomic mass is 10.2. The summed E-state index contributed by atoms with van der Waals surface area (Å²) in [5, 5.41) is 0. The van der Waals surface area contributed by atoms with Gasteiger partial charge in [0.25, 0.3) is 11.8 Å². The third kappa shape index (κ3) is 4.72. The largest absolute Gasteiger partial charge is 0.337 e. The number of rotatable bonds is 2. The Bertz CT molecular complexity index is 729. The van der Waals surface area contributed by atoms with Gasteiger partial charge in [-0.2, -0.15) is 0 Å². The molecule has 0 aromatic heterocycles. The fourth-order valence-electron chi connectivity index (χ4n) is 2.93. The quantitative estimate of drug-likeness (QED) is 0.524. The third-order valence-electron chi connectivity index (χ3n) is 4.21. The van der Waals surface area contributed by atoms with Crippen molar-refractivity contribution in [3.8, 4) is 0 Å². The molecule has 0 bridgehead atoms. The molecular formula is C19H18I2N2O2. The summed E-state index contributed by atoms with van der Waals surface area (Å²) in [6, 6.07) is 15.3. The van der Waals surface area contributed by atoms with Crippen LogP contribution in [0.15, 0.2) is 48.5 Å². The lowest BCUT2D eigenvalue weighted by molar-refractivity contribution is 0.0718. The van der Waals surface area contributed by atoms with Crippen LogP contribution < -0.4 is 0 Å². The molecule has 0 N–H and O–H groups in total. The minimum atomic E-state index is 0.0436. The van der Waals surface area contributed by atoms with Crippen molar-refractivity contribution in [2.45, 2.75) is 6.42 Å². The summed E-state index contributed by atoms with van der Waals surface area (Å²) in [6.07, 6.45) is 0.797. The molecule has 0 aliphatic carbocycles. The molecule has 1 heterocycles. The third-order valence-corrected chi connectivity index (χ3v) is 5.56. The molecule has 130 valence electrons. The topological polar surface area (TPSA) is 40.6 Å². The maximum atomic E-state index is 12.7. The van der Waals surface area contributed by atoms with Crippen molar-refractivity contribution >= 4 is 57.0 Å². The first-order valence-corrected chi connectivity index (χ1v) is 10.3. The number of hydrogen-bond acceptors (Lipinski definition) is 2.